The Morgan fingerprint density at radius 3 is 2.64 bits per heavy atom. The van der Waals surface area contributed by atoms with Crippen LogP contribution in [0.15, 0.2) is 22.7 Å². The van der Waals surface area contributed by atoms with Gasteiger partial charge in [-0.05, 0) is 56.4 Å². The number of aryl methyl sites for hydroxylation is 1. The van der Waals surface area contributed by atoms with Crippen molar-refractivity contribution < 1.29 is 14.4 Å². The molecule has 0 unspecified atom stereocenters. The zero-order valence-corrected chi connectivity index (χ0v) is 16.6. The number of urea groups is 1. The van der Waals surface area contributed by atoms with E-state index < -0.39 is 17.5 Å². The molecule has 1 atom stereocenters. The van der Waals surface area contributed by atoms with Gasteiger partial charge in [0, 0.05) is 10.2 Å². The van der Waals surface area contributed by atoms with Gasteiger partial charge in [0.1, 0.15) is 12.1 Å². The number of nitrogens with zero attached hydrogens (tertiary/aromatic N) is 1. The smallest absolute Gasteiger partial charge is 0.325 e. The molecule has 1 fully saturated rings. The Labute approximate surface area is 156 Å². The molecule has 136 valence electrons. The van der Waals surface area contributed by atoms with Crippen LogP contribution >= 0.6 is 15.9 Å². The molecule has 1 aliphatic heterocycles. The fourth-order valence-electron chi connectivity index (χ4n) is 2.70. The number of benzene rings is 1. The third-order valence-electron chi connectivity index (χ3n) is 4.31. The van der Waals surface area contributed by atoms with E-state index in [1.165, 1.54) is 0 Å². The molecule has 1 heterocycles. The van der Waals surface area contributed by atoms with Crippen molar-refractivity contribution >= 4 is 39.5 Å². The Bertz CT molecular complexity index is 705. The highest BCUT2D eigenvalue weighted by Crippen LogP contribution is 2.25. The quantitative estimate of drug-likeness (QED) is 0.706. The van der Waals surface area contributed by atoms with Crippen molar-refractivity contribution in [3.63, 3.8) is 0 Å². The first-order chi connectivity index (χ1) is 11.6. The highest BCUT2D eigenvalue weighted by Gasteiger charge is 2.47. The average molecular weight is 410 g/mol. The van der Waals surface area contributed by atoms with E-state index in [1.807, 2.05) is 19.1 Å². The van der Waals surface area contributed by atoms with Crippen molar-refractivity contribution in [2.75, 3.05) is 11.9 Å². The summed E-state index contributed by atoms with van der Waals surface area (Å²) in [6.07, 6.45) is 1.37. The van der Waals surface area contributed by atoms with Crippen LogP contribution in [0.25, 0.3) is 0 Å². The predicted molar refractivity (Wildman–Crippen MR) is 100 cm³/mol. The maximum atomic E-state index is 12.6. The summed E-state index contributed by atoms with van der Waals surface area (Å²) in [4.78, 5) is 38.0. The monoisotopic (exact) mass is 409 g/mol. The molecule has 1 saturated heterocycles. The maximum absolute atomic E-state index is 12.6. The number of carbonyl (C=O) groups excluding carboxylic acids is 3. The lowest BCUT2D eigenvalue weighted by Gasteiger charge is -2.22. The second kappa shape index (κ2) is 7.56. The molecule has 0 spiro atoms. The third kappa shape index (κ3) is 4.60. The molecule has 7 heteroatoms. The summed E-state index contributed by atoms with van der Waals surface area (Å²) in [7, 11) is 0. The van der Waals surface area contributed by atoms with Crippen molar-refractivity contribution in [3.05, 3.63) is 28.2 Å². The van der Waals surface area contributed by atoms with Crippen LogP contribution in [0.2, 0.25) is 0 Å². The van der Waals surface area contributed by atoms with Crippen LogP contribution in [-0.4, -0.2) is 34.8 Å². The predicted octanol–water partition coefficient (Wildman–Crippen LogP) is 3.44. The first-order valence-corrected chi connectivity index (χ1v) is 9.12. The fraction of sp³-hybridized carbons (Fsp3) is 0.500. The van der Waals surface area contributed by atoms with Crippen molar-refractivity contribution in [2.24, 2.45) is 5.92 Å². The Balaban J connectivity index is 2.01. The van der Waals surface area contributed by atoms with Crippen LogP contribution in [0.4, 0.5) is 10.5 Å². The average Bonchev–Trinajstić information content (AvgIpc) is 2.73. The van der Waals surface area contributed by atoms with E-state index in [4.69, 9.17) is 0 Å². The summed E-state index contributed by atoms with van der Waals surface area (Å²) in [5.74, 6) is -0.321. The molecule has 0 bridgehead atoms. The standard InChI is InChI=1S/C18H24BrN3O3/c1-11(2)7-8-18(4)16(24)22(17(25)21-18)10-15(23)20-13-5-6-14(19)12(3)9-13/h5-6,9,11H,7-8,10H2,1-4H3,(H,20,23)(H,21,25)/t18-/m0/s1. The van der Waals surface area contributed by atoms with Crippen molar-refractivity contribution in [2.45, 2.75) is 46.1 Å². The molecule has 0 aromatic heterocycles. The first kappa shape index (κ1) is 19.4. The van der Waals surface area contributed by atoms with Crippen molar-refractivity contribution in [1.82, 2.24) is 10.2 Å². The fourth-order valence-corrected chi connectivity index (χ4v) is 2.95. The van der Waals surface area contributed by atoms with Crippen LogP contribution in [0, 0.1) is 12.8 Å². The van der Waals surface area contributed by atoms with E-state index in [9.17, 15) is 14.4 Å². The second-order valence-corrected chi connectivity index (χ2v) is 7.95. The lowest BCUT2D eigenvalue weighted by Crippen LogP contribution is -2.44. The minimum absolute atomic E-state index is 0.295. The molecule has 0 radical (unpaired) electrons. The van der Waals surface area contributed by atoms with Gasteiger partial charge in [0.2, 0.25) is 5.91 Å². The number of carbonyl (C=O) groups is 3. The van der Waals surface area contributed by atoms with E-state index >= 15 is 0 Å². The first-order valence-electron chi connectivity index (χ1n) is 8.32. The number of anilines is 1. The molecular formula is C18H24BrN3O3. The van der Waals surface area contributed by atoms with Crippen molar-refractivity contribution in [1.29, 1.82) is 0 Å². The van der Waals surface area contributed by atoms with Gasteiger partial charge in [0.25, 0.3) is 5.91 Å². The summed E-state index contributed by atoms with van der Waals surface area (Å²) in [5.41, 5.74) is 0.671. The summed E-state index contributed by atoms with van der Waals surface area (Å²) >= 11 is 3.40. The lowest BCUT2D eigenvalue weighted by atomic mass is 9.92. The van der Waals surface area contributed by atoms with E-state index in [2.05, 4.69) is 40.4 Å². The van der Waals surface area contributed by atoms with Gasteiger partial charge < -0.3 is 10.6 Å². The van der Waals surface area contributed by atoms with Gasteiger partial charge in [-0.1, -0.05) is 29.8 Å². The molecule has 6 nitrogen and oxygen atoms in total. The number of hydrogen-bond acceptors (Lipinski definition) is 3. The van der Waals surface area contributed by atoms with Gasteiger partial charge in [-0.2, -0.15) is 0 Å². The number of nitrogens with one attached hydrogen (secondary N) is 2. The summed E-state index contributed by atoms with van der Waals surface area (Å²) in [6.45, 7) is 7.46. The lowest BCUT2D eigenvalue weighted by molar-refractivity contribution is -0.133. The number of hydrogen-bond donors (Lipinski definition) is 2. The zero-order valence-electron chi connectivity index (χ0n) is 15.0. The SMILES string of the molecule is Cc1cc(NC(=O)CN2C(=O)N[C@@](C)(CCC(C)C)C2=O)ccc1Br. The molecule has 4 amide bonds. The van der Waals surface area contributed by atoms with Gasteiger partial charge in [-0.3, -0.25) is 14.5 Å². The minimum Gasteiger partial charge on any atom is -0.325 e. The van der Waals surface area contributed by atoms with Gasteiger partial charge in [0.05, 0.1) is 0 Å². The van der Waals surface area contributed by atoms with Gasteiger partial charge in [-0.15, -0.1) is 0 Å². The topological polar surface area (TPSA) is 78.5 Å². The Hall–Kier alpha value is -1.89. The molecule has 0 saturated carbocycles. The molecule has 1 aliphatic rings. The van der Waals surface area contributed by atoms with Crippen LogP contribution in [0.1, 0.15) is 39.2 Å². The van der Waals surface area contributed by atoms with E-state index in [-0.39, 0.29) is 12.5 Å². The number of imide groups is 1. The zero-order chi connectivity index (χ0) is 18.8. The molecule has 1 aromatic carbocycles. The Kier molecular flexibility index (Phi) is 5.87. The Morgan fingerprint density at radius 1 is 1.36 bits per heavy atom. The largest absolute Gasteiger partial charge is 0.325 e. The summed E-state index contributed by atoms with van der Waals surface area (Å²) < 4.78 is 0.945. The summed E-state index contributed by atoms with van der Waals surface area (Å²) in [6, 6.07) is 4.90. The Morgan fingerprint density at radius 2 is 2.04 bits per heavy atom. The molecule has 0 aliphatic carbocycles. The van der Waals surface area contributed by atoms with Crippen LogP contribution in [-0.2, 0) is 9.59 Å². The van der Waals surface area contributed by atoms with Gasteiger partial charge in [-0.25, -0.2) is 4.79 Å². The van der Waals surface area contributed by atoms with E-state index in [1.54, 1.807) is 13.0 Å². The number of amides is 4. The number of halogens is 1. The summed E-state index contributed by atoms with van der Waals surface area (Å²) in [5, 5.41) is 5.44. The van der Waals surface area contributed by atoms with Gasteiger partial charge >= 0.3 is 6.03 Å². The van der Waals surface area contributed by atoms with Gasteiger partial charge in [0.15, 0.2) is 0 Å². The van der Waals surface area contributed by atoms with Crippen molar-refractivity contribution in [3.8, 4) is 0 Å². The molecule has 2 N–H and O–H groups in total. The maximum Gasteiger partial charge on any atom is 0.325 e. The van der Waals surface area contributed by atoms with Crippen LogP contribution < -0.4 is 10.6 Å². The number of rotatable bonds is 6. The van der Waals surface area contributed by atoms with Crippen LogP contribution in [0.5, 0.6) is 0 Å². The molecule has 1 aromatic rings. The van der Waals surface area contributed by atoms with E-state index in [0.717, 1.165) is 21.4 Å². The highest BCUT2D eigenvalue weighted by atomic mass is 79.9. The molecular weight excluding hydrogens is 386 g/mol. The van der Waals surface area contributed by atoms with Crippen LogP contribution in [0.3, 0.4) is 0 Å². The normalized spacial score (nSPS) is 20.2. The minimum atomic E-state index is -0.935. The third-order valence-corrected chi connectivity index (χ3v) is 5.20. The second-order valence-electron chi connectivity index (χ2n) is 7.10. The molecule has 2 rings (SSSR count). The van der Waals surface area contributed by atoms with E-state index in [0.29, 0.717) is 18.0 Å². The molecule has 25 heavy (non-hydrogen) atoms. The highest BCUT2D eigenvalue weighted by molar-refractivity contribution is 9.10.